The molecular formula is C13H23N2O4PS. The van der Waals surface area contributed by atoms with Gasteiger partial charge in [0.05, 0.1) is 19.3 Å². The molecule has 0 aliphatic carbocycles. The molecule has 0 aliphatic heterocycles. The quantitative estimate of drug-likeness (QED) is 0.733. The summed E-state index contributed by atoms with van der Waals surface area (Å²) in [5.41, 5.74) is 0.789. The molecular weight excluding hydrogens is 311 g/mol. The third-order valence-electron chi connectivity index (χ3n) is 2.42. The van der Waals surface area contributed by atoms with Crippen LogP contribution in [-0.4, -0.2) is 34.4 Å². The van der Waals surface area contributed by atoms with E-state index in [-0.39, 0.29) is 12.5 Å². The number of hydrogen-bond donors (Lipinski definition) is 1. The predicted molar refractivity (Wildman–Crippen MR) is 85.0 cm³/mol. The SMILES string of the molecule is CCOP(=S)(Oc1cc(C)nc(C(C)C)n1)OC(C)CO. The predicted octanol–water partition coefficient (Wildman–Crippen LogP) is 2.95. The molecule has 21 heavy (non-hydrogen) atoms. The smallest absolute Gasteiger partial charge is 0.382 e. The maximum atomic E-state index is 9.10. The van der Waals surface area contributed by atoms with Gasteiger partial charge in [0.1, 0.15) is 5.82 Å². The van der Waals surface area contributed by atoms with E-state index < -0.39 is 12.8 Å². The molecule has 2 unspecified atom stereocenters. The summed E-state index contributed by atoms with van der Waals surface area (Å²) < 4.78 is 16.7. The fourth-order valence-corrected chi connectivity index (χ4v) is 3.76. The Morgan fingerprint density at radius 3 is 2.52 bits per heavy atom. The second-order valence-corrected chi connectivity index (χ2v) is 7.80. The summed E-state index contributed by atoms with van der Waals surface area (Å²) in [6.07, 6.45) is -0.463. The van der Waals surface area contributed by atoms with Crippen LogP contribution >= 0.6 is 6.72 Å². The van der Waals surface area contributed by atoms with Gasteiger partial charge in [0, 0.05) is 29.5 Å². The van der Waals surface area contributed by atoms with E-state index in [1.165, 1.54) is 0 Å². The molecule has 0 bridgehead atoms. The second kappa shape index (κ2) is 8.15. The van der Waals surface area contributed by atoms with Crippen molar-refractivity contribution in [3.05, 3.63) is 17.6 Å². The monoisotopic (exact) mass is 334 g/mol. The number of aliphatic hydroxyl groups excluding tert-OH is 1. The molecule has 0 radical (unpaired) electrons. The Balaban J connectivity index is 3.00. The minimum atomic E-state index is -3.00. The van der Waals surface area contributed by atoms with Gasteiger partial charge in [0.15, 0.2) is 0 Å². The highest BCUT2D eigenvalue weighted by atomic mass is 32.5. The van der Waals surface area contributed by atoms with Crippen LogP contribution in [0.5, 0.6) is 5.88 Å². The van der Waals surface area contributed by atoms with Crippen molar-refractivity contribution in [2.75, 3.05) is 13.2 Å². The first-order chi connectivity index (χ1) is 9.79. The molecule has 2 atom stereocenters. The average Bonchev–Trinajstić information content (AvgIpc) is 2.37. The number of nitrogens with zero attached hydrogens (tertiary/aromatic N) is 2. The van der Waals surface area contributed by atoms with Crippen LogP contribution in [0.15, 0.2) is 6.07 Å². The highest BCUT2D eigenvalue weighted by molar-refractivity contribution is 8.07. The summed E-state index contributed by atoms with van der Waals surface area (Å²) >= 11 is 5.35. The number of aryl methyl sites for hydroxylation is 1. The average molecular weight is 334 g/mol. The van der Waals surface area contributed by atoms with E-state index in [0.717, 1.165) is 5.69 Å². The van der Waals surface area contributed by atoms with Crippen LogP contribution in [0.1, 0.15) is 45.1 Å². The lowest BCUT2D eigenvalue weighted by atomic mass is 10.2. The first-order valence-electron chi connectivity index (χ1n) is 6.88. The van der Waals surface area contributed by atoms with Crippen LogP contribution in [0, 0.1) is 6.92 Å². The van der Waals surface area contributed by atoms with Gasteiger partial charge in [0.2, 0.25) is 5.88 Å². The number of hydrogen-bond acceptors (Lipinski definition) is 7. The van der Waals surface area contributed by atoms with Crippen LogP contribution in [0.4, 0.5) is 0 Å². The standard InChI is InChI=1S/C13H23N2O4PS/c1-6-17-20(21,18-11(5)8-16)19-12-7-10(4)14-13(15-12)9(2)3/h7,9,11,16H,6,8H2,1-5H3. The van der Waals surface area contributed by atoms with Gasteiger partial charge in [0.25, 0.3) is 0 Å². The van der Waals surface area contributed by atoms with Crippen molar-refractivity contribution >= 4 is 18.5 Å². The topological polar surface area (TPSA) is 73.7 Å². The molecule has 1 heterocycles. The molecule has 1 aromatic rings. The van der Waals surface area contributed by atoms with Gasteiger partial charge >= 0.3 is 6.72 Å². The van der Waals surface area contributed by atoms with E-state index in [1.807, 2.05) is 27.7 Å². The molecule has 0 aliphatic rings. The van der Waals surface area contributed by atoms with Gasteiger partial charge in [-0.15, -0.1) is 0 Å². The molecule has 1 N–H and O–H groups in total. The van der Waals surface area contributed by atoms with Crippen LogP contribution in [0.25, 0.3) is 0 Å². The molecule has 8 heteroatoms. The summed E-state index contributed by atoms with van der Waals surface area (Å²) in [6.45, 7) is 6.58. The van der Waals surface area contributed by atoms with Crippen molar-refractivity contribution in [2.24, 2.45) is 0 Å². The Morgan fingerprint density at radius 1 is 1.33 bits per heavy atom. The molecule has 0 amide bonds. The Labute approximate surface area is 131 Å². The zero-order chi connectivity index (χ0) is 16.0. The van der Waals surface area contributed by atoms with Crippen LogP contribution in [-0.2, 0) is 20.9 Å². The maximum Gasteiger partial charge on any atom is 0.382 e. The van der Waals surface area contributed by atoms with Gasteiger partial charge < -0.3 is 9.63 Å². The Hall–Kier alpha value is -0.590. The lowest BCUT2D eigenvalue weighted by molar-refractivity contribution is 0.103. The highest BCUT2D eigenvalue weighted by Crippen LogP contribution is 2.50. The van der Waals surface area contributed by atoms with Gasteiger partial charge in [-0.05, 0) is 20.8 Å². The summed E-state index contributed by atoms with van der Waals surface area (Å²) in [5.74, 6) is 1.20. The number of aliphatic hydroxyl groups is 1. The van der Waals surface area contributed by atoms with Crippen molar-refractivity contribution < 1.29 is 18.7 Å². The highest BCUT2D eigenvalue weighted by Gasteiger charge is 2.26. The van der Waals surface area contributed by atoms with E-state index >= 15 is 0 Å². The van der Waals surface area contributed by atoms with Crippen molar-refractivity contribution in [2.45, 2.75) is 46.6 Å². The zero-order valence-electron chi connectivity index (χ0n) is 13.1. The van der Waals surface area contributed by atoms with Crippen molar-refractivity contribution in [3.63, 3.8) is 0 Å². The van der Waals surface area contributed by atoms with Gasteiger partial charge in [-0.25, -0.2) is 4.98 Å². The third kappa shape index (κ3) is 5.96. The van der Waals surface area contributed by atoms with Crippen molar-refractivity contribution in [1.29, 1.82) is 0 Å². The van der Waals surface area contributed by atoms with Crippen molar-refractivity contribution in [1.82, 2.24) is 9.97 Å². The van der Waals surface area contributed by atoms with Crippen LogP contribution < -0.4 is 4.52 Å². The molecule has 0 saturated carbocycles. The third-order valence-corrected chi connectivity index (χ3v) is 4.82. The first-order valence-corrected chi connectivity index (χ1v) is 9.44. The molecule has 0 aromatic carbocycles. The summed E-state index contributed by atoms with van der Waals surface area (Å²) in [5, 5.41) is 9.10. The fraction of sp³-hybridized carbons (Fsp3) is 0.692. The van der Waals surface area contributed by atoms with E-state index in [2.05, 4.69) is 9.97 Å². The molecule has 1 rings (SSSR count). The van der Waals surface area contributed by atoms with Crippen LogP contribution in [0.2, 0.25) is 0 Å². The Morgan fingerprint density at radius 2 is 2.00 bits per heavy atom. The Bertz CT molecular complexity index is 513. The molecule has 1 aromatic heterocycles. The molecule has 0 fully saturated rings. The molecule has 120 valence electrons. The van der Waals surface area contributed by atoms with Gasteiger partial charge in [-0.1, -0.05) is 13.8 Å². The van der Waals surface area contributed by atoms with E-state index in [0.29, 0.717) is 18.3 Å². The van der Waals surface area contributed by atoms with E-state index in [1.54, 1.807) is 13.0 Å². The minimum Gasteiger partial charge on any atom is -0.406 e. The van der Waals surface area contributed by atoms with E-state index in [4.69, 9.17) is 30.5 Å². The summed E-state index contributed by atoms with van der Waals surface area (Å²) in [7, 11) is 0. The maximum absolute atomic E-state index is 9.10. The summed E-state index contributed by atoms with van der Waals surface area (Å²) in [4.78, 5) is 8.69. The number of aromatic nitrogens is 2. The second-order valence-electron chi connectivity index (χ2n) is 4.92. The normalized spacial score (nSPS) is 15.8. The zero-order valence-corrected chi connectivity index (χ0v) is 14.8. The van der Waals surface area contributed by atoms with Gasteiger partial charge in [-0.2, -0.15) is 4.98 Å². The largest absolute Gasteiger partial charge is 0.406 e. The summed E-state index contributed by atoms with van der Waals surface area (Å²) in [6, 6.07) is 1.69. The lowest BCUT2D eigenvalue weighted by Crippen LogP contribution is -2.15. The first kappa shape index (κ1) is 18.5. The van der Waals surface area contributed by atoms with Gasteiger partial charge in [-0.3, -0.25) is 9.05 Å². The van der Waals surface area contributed by atoms with Crippen LogP contribution in [0.3, 0.4) is 0 Å². The van der Waals surface area contributed by atoms with Crippen molar-refractivity contribution in [3.8, 4) is 5.88 Å². The Kier molecular flexibility index (Phi) is 7.16. The number of rotatable bonds is 8. The molecule has 0 saturated heterocycles. The minimum absolute atomic E-state index is 0.158. The molecule has 0 spiro atoms. The molecule has 6 nitrogen and oxygen atoms in total. The fourth-order valence-electron chi connectivity index (χ4n) is 1.47. The lowest BCUT2D eigenvalue weighted by Gasteiger charge is -2.24. The van der Waals surface area contributed by atoms with E-state index in [9.17, 15) is 0 Å².